The van der Waals surface area contributed by atoms with Gasteiger partial charge in [-0.1, -0.05) is 6.92 Å². The third-order valence-electron chi connectivity index (χ3n) is 2.91. The molecule has 0 unspecified atom stereocenters. The van der Waals surface area contributed by atoms with Crippen molar-refractivity contribution in [1.29, 1.82) is 0 Å². The van der Waals surface area contributed by atoms with Crippen molar-refractivity contribution in [2.75, 3.05) is 13.1 Å². The lowest BCUT2D eigenvalue weighted by atomic mass is 9.93. The van der Waals surface area contributed by atoms with E-state index in [-0.39, 0.29) is 11.9 Å². The predicted molar refractivity (Wildman–Crippen MR) is 54.7 cm³/mol. The molecule has 0 radical (unpaired) electrons. The zero-order chi connectivity index (χ0) is 10.8. The summed E-state index contributed by atoms with van der Waals surface area (Å²) in [7, 11) is 0. The maximum atomic E-state index is 11.7. The molecule has 1 saturated heterocycles. The molecule has 0 saturated carbocycles. The molecule has 0 aromatic carbocycles. The van der Waals surface area contributed by atoms with Gasteiger partial charge in [-0.2, -0.15) is 0 Å². The van der Waals surface area contributed by atoms with Crippen LogP contribution in [0.25, 0.3) is 0 Å². The summed E-state index contributed by atoms with van der Waals surface area (Å²) in [4.78, 5) is 13.4. The fraction of sp³-hybridized carbons (Fsp3) is 0.900. The quantitative estimate of drug-likeness (QED) is 0.664. The maximum absolute atomic E-state index is 11.7. The molecule has 4 heteroatoms. The molecule has 3 N–H and O–H groups in total. The van der Waals surface area contributed by atoms with Crippen LogP contribution in [0.4, 0.5) is 0 Å². The number of carbonyl (C=O) groups excluding carboxylic acids is 1. The molecule has 1 aliphatic heterocycles. The summed E-state index contributed by atoms with van der Waals surface area (Å²) in [6.07, 6.45) is 1.97. The average Bonchev–Trinajstić information content (AvgIpc) is 2.15. The third-order valence-corrected chi connectivity index (χ3v) is 2.91. The average molecular weight is 200 g/mol. The van der Waals surface area contributed by atoms with Crippen molar-refractivity contribution in [1.82, 2.24) is 4.90 Å². The van der Waals surface area contributed by atoms with E-state index in [1.807, 2.05) is 13.8 Å². The van der Waals surface area contributed by atoms with Crippen LogP contribution in [-0.4, -0.2) is 40.6 Å². The minimum Gasteiger partial charge on any atom is -0.390 e. The van der Waals surface area contributed by atoms with Crippen LogP contribution in [0, 0.1) is 0 Å². The van der Waals surface area contributed by atoms with E-state index in [1.165, 1.54) is 0 Å². The lowest BCUT2D eigenvalue weighted by Crippen LogP contribution is -2.50. The highest BCUT2D eigenvalue weighted by molar-refractivity contribution is 5.81. The van der Waals surface area contributed by atoms with Crippen molar-refractivity contribution >= 4 is 5.91 Å². The molecule has 1 amide bonds. The largest absolute Gasteiger partial charge is 0.390 e. The van der Waals surface area contributed by atoms with Gasteiger partial charge in [0.15, 0.2) is 0 Å². The first kappa shape index (κ1) is 11.5. The molecule has 1 atom stereocenters. The second kappa shape index (κ2) is 4.28. The SMILES string of the molecule is CC[C@H](N)C(=O)N1CCC(C)(O)CC1. The Morgan fingerprint density at radius 1 is 1.57 bits per heavy atom. The van der Waals surface area contributed by atoms with Gasteiger partial charge in [0.25, 0.3) is 0 Å². The Hall–Kier alpha value is -0.610. The highest BCUT2D eigenvalue weighted by Crippen LogP contribution is 2.21. The van der Waals surface area contributed by atoms with Crippen molar-refractivity contribution in [3.05, 3.63) is 0 Å². The van der Waals surface area contributed by atoms with Crippen molar-refractivity contribution in [2.24, 2.45) is 5.73 Å². The summed E-state index contributed by atoms with van der Waals surface area (Å²) >= 11 is 0. The molecule has 0 bridgehead atoms. The first-order valence-corrected chi connectivity index (χ1v) is 5.23. The lowest BCUT2D eigenvalue weighted by Gasteiger charge is -2.36. The lowest BCUT2D eigenvalue weighted by molar-refractivity contribution is -0.136. The minimum absolute atomic E-state index is 0.0167. The number of carbonyl (C=O) groups is 1. The van der Waals surface area contributed by atoms with Crippen molar-refractivity contribution in [2.45, 2.75) is 44.8 Å². The number of aliphatic hydroxyl groups is 1. The van der Waals surface area contributed by atoms with Crippen molar-refractivity contribution in [3.8, 4) is 0 Å². The summed E-state index contributed by atoms with van der Waals surface area (Å²) in [6, 6.07) is -0.377. The van der Waals surface area contributed by atoms with Gasteiger partial charge in [-0.15, -0.1) is 0 Å². The zero-order valence-corrected chi connectivity index (χ0v) is 8.99. The highest BCUT2D eigenvalue weighted by atomic mass is 16.3. The second-order valence-corrected chi connectivity index (χ2v) is 4.34. The fourth-order valence-electron chi connectivity index (χ4n) is 1.62. The molecule has 1 heterocycles. The minimum atomic E-state index is -0.604. The van der Waals surface area contributed by atoms with Gasteiger partial charge in [0.05, 0.1) is 11.6 Å². The predicted octanol–water partition coefficient (Wildman–Crippen LogP) is 0.0971. The first-order valence-electron chi connectivity index (χ1n) is 5.23. The van der Waals surface area contributed by atoms with Crippen LogP contribution in [-0.2, 0) is 4.79 Å². The van der Waals surface area contributed by atoms with Gasteiger partial charge >= 0.3 is 0 Å². The van der Waals surface area contributed by atoms with Crippen LogP contribution in [0.3, 0.4) is 0 Å². The van der Waals surface area contributed by atoms with Gasteiger partial charge in [-0.25, -0.2) is 0 Å². The number of nitrogens with two attached hydrogens (primary N) is 1. The number of amides is 1. The van der Waals surface area contributed by atoms with Crippen LogP contribution in [0.5, 0.6) is 0 Å². The van der Waals surface area contributed by atoms with Crippen molar-refractivity contribution in [3.63, 3.8) is 0 Å². The van der Waals surface area contributed by atoms with Crippen molar-refractivity contribution < 1.29 is 9.90 Å². The molecule has 4 nitrogen and oxygen atoms in total. The van der Waals surface area contributed by atoms with Gasteiger partial charge in [-0.3, -0.25) is 4.79 Å². The topological polar surface area (TPSA) is 66.6 Å². The normalized spacial score (nSPS) is 23.3. The van der Waals surface area contributed by atoms with Gasteiger partial charge in [0, 0.05) is 13.1 Å². The molecule has 0 aromatic rings. The van der Waals surface area contributed by atoms with E-state index in [9.17, 15) is 9.90 Å². The number of hydrogen-bond acceptors (Lipinski definition) is 3. The monoisotopic (exact) mass is 200 g/mol. The summed E-state index contributed by atoms with van der Waals surface area (Å²) in [5.41, 5.74) is 5.06. The van der Waals surface area contributed by atoms with Gasteiger partial charge in [-0.05, 0) is 26.2 Å². The summed E-state index contributed by atoms with van der Waals surface area (Å²) < 4.78 is 0. The van der Waals surface area contributed by atoms with E-state index in [0.717, 1.165) is 0 Å². The molecular weight excluding hydrogens is 180 g/mol. The molecule has 1 rings (SSSR count). The first-order chi connectivity index (χ1) is 6.46. The fourth-order valence-corrected chi connectivity index (χ4v) is 1.62. The molecule has 82 valence electrons. The molecular formula is C10H20N2O2. The number of piperidine rings is 1. The summed E-state index contributed by atoms with van der Waals surface area (Å²) in [6.45, 7) is 4.97. The molecule has 0 spiro atoms. The molecule has 14 heavy (non-hydrogen) atoms. The third kappa shape index (κ3) is 2.69. The Morgan fingerprint density at radius 2 is 2.07 bits per heavy atom. The van der Waals surface area contributed by atoms with E-state index >= 15 is 0 Å². The standard InChI is InChI=1S/C10H20N2O2/c1-3-8(11)9(13)12-6-4-10(2,14)5-7-12/h8,14H,3-7,11H2,1-2H3/t8-/m0/s1. The van der Waals surface area contributed by atoms with E-state index in [2.05, 4.69) is 0 Å². The van der Waals surface area contributed by atoms with Crippen LogP contribution in [0.1, 0.15) is 33.1 Å². The summed E-state index contributed by atoms with van der Waals surface area (Å²) in [5, 5.41) is 9.70. The number of hydrogen-bond donors (Lipinski definition) is 2. The highest BCUT2D eigenvalue weighted by Gasteiger charge is 2.30. The van der Waals surface area contributed by atoms with Crippen LogP contribution in [0.2, 0.25) is 0 Å². The van der Waals surface area contributed by atoms with Gasteiger partial charge < -0.3 is 15.7 Å². The zero-order valence-electron chi connectivity index (χ0n) is 8.99. The Bertz CT molecular complexity index is 206. The smallest absolute Gasteiger partial charge is 0.239 e. The molecule has 1 fully saturated rings. The maximum Gasteiger partial charge on any atom is 0.239 e. The van der Waals surface area contributed by atoms with E-state index in [0.29, 0.717) is 32.4 Å². The van der Waals surface area contributed by atoms with Crippen LogP contribution >= 0.6 is 0 Å². The molecule has 0 aliphatic carbocycles. The van der Waals surface area contributed by atoms with E-state index < -0.39 is 5.60 Å². The molecule has 1 aliphatic rings. The van der Waals surface area contributed by atoms with Gasteiger partial charge in [0.2, 0.25) is 5.91 Å². The number of rotatable bonds is 2. The number of likely N-dealkylation sites (tertiary alicyclic amines) is 1. The van der Waals surface area contributed by atoms with E-state index in [1.54, 1.807) is 4.90 Å². The molecule has 0 aromatic heterocycles. The Labute approximate surface area is 85.1 Å². The summed E-state index contributed by atoms with van der Waals surface area (Å²) in [5.74, 6) is 0.0167. The van der Waals surface area contributed by atoms with E-state index in [4.69, 9.17) is 5.73 Å². The Kier molecular flexibility index (Phi) is 3.50. The Balaban J connectivity index is 2.46. The van der Waals surface area contributed by atoms with Crippen LogP contribution < -0.4 is 5.73 Å². The number of nitrogens with zero attached hydrogens (tertiary/aromatic N) is 1. The van der Waals surface area contributed by atoms with Crippen LogP contribution in [0.15, 0.2) is 0 Å². The van der Waals surface area contributed by atoms with Gasteiger partial charge in [0.1, 0.15) is 0 Å². The second-order valence-electron chi connectivity index (χ2n) is 4.34. The Morgan fingerprint density at radius 3 is 2.50 bits per heavy atom.